The minimum atomic E-state index is -0.168. The number of methoxy groups -OCH3 is 1. The average Bonchev–Trinajstić information content (AvgIpc) is 3.36. The van der Waals surface area contributed by atoms with E-state index in [1.807, 2.05) is 6.07 Å². The summed E-state index contributed by atoms with van der Waals surface area (Å²) in [6.45, 7) is 2.44. The van der Waals surface area contributed by atoms with E-state index in [1.165, 1.54) is 43.2 Å². The van der Waals surface area contributed by atoms with Gasteiger partial charge in [0.1, 0.15) is 10.9 Å². The molecule has 1 aromatic carbocycles. The summed E-state index contributed by atoms with van der Waals surface area (Å²) in [5.41, 5.74) is 3.49. The number of amides is 1. The lowest BCUT2D eigenvalue weighted by atomic mass is 9.64. The Hall–Kier alpha value is -2.11. The first kappa shape index (κ1) is 25.2. The SMILES string of the molecule is COc1ccccc1[C@@H]1CCN(C(=O)[C@@H]2CNC[C@]23CCCc2nc(Cl)ccc23)C(C2CCCCC2)C1. The molecule has 5 nitrogen and oxygen atoms in total. The maximum Gasteiger partial charge on any atom is 0.228 e. The summed E-state index contributed by atoms with van der Waals surface area (Å²) in [5, 5.41) is 4.18. The van der Waals surface area contributed by atoms with Gasteiger partial charge in [-0.25, -0.2) is 4.98 Å². The van der Waals surface area contributed by atoms with Crippen molar-refractivity contribution < 1.29 is 9.53 Å². The molecular formula is C31H40ClN3O2. The number of halogens is 1. The zero-order valence-corrected chi connectivity index (χ0v) is 22.8. The molecule has 2 saturated heterocycles. The van der Waals surface area contributed by atoms with Crippen LogP contribution in [0.3, 0.4) is 0 Å². The van der Waals surface area contributed by atoms with Gasteiger partial charge in [0.25, 0.3) is 0 Å². The molecule has 1 aromatic heterocycles. The number of likely N-dealkylation sites (tertiary alicyclic amines) is 1. The van der Waals surface area contributed by atoms with Crippen molar-refractivity contribution in [3.63, 3.8) is 0 Å². The van der Waals surface area contributed by atoms with Crippen molar-refractivity contribution in [3.05, 3.63) is 58.4 Å². The van der Waals surface area contributed by atoms with Gasteiger partial charge in [0.05, 0.1) is 13.0 Å². The first-order valence-corrected chi connectivity index (χ1v) is 14.8. The molecular weight excluding hydrogens is 482 g/mol. The fourth-order valence-corrected chi connectivity index (χ4v) is 8.34. The molecule has 6 rings (SSSR count). The third-order valence-corrected chi connectivity index (χ3v) is 10.2. The van der Waals surface area contributed by atoms with Crippen LogP contribution < -0.4 is 10.1 Å². The fourth-order valence-electron chi connectivity index (χ4n) is 8.18. The van der Waals surface area contributed by atoms with Crippen LogP contribution in [0.1, 0.15) is 80.5 Å². The molecule has 0 bridgehead atoms. The van der Waals surface area contributed by atoms with Gasteiger partial charge in [0.2, 0.25) is 5.91 Å². The first-order valence-electron chi connectivity index (χ1n) is 14.4. The topological polar surface area (TPSA) is 54.5 Å². The van der Waals surface area contributed by atoms with Crippen LogP contribution in [0.25, 0.3) is 0 Å². The molecule has 1 spiro atoms. The van der Waals surface area contributed by atoms with Crippen LogP contribution in [0.5, 0.6) is 5.75 Å². The van der Waals surface area contributed by atoms with Crippen LogP contribution in [-0.2, 0) is 16.6 Å². The van der Waals surface area contributed by atoms with Crippen LogP contribution in [0.4, 0.5) is 0 Å². The predicted octanol–water partition coefficient (Wildman–Crippen LogP) is 5.89. The van der Waals surface area contributed by atoms with Gasteiger partial charge in [-0.15, -0.1) is 0 Å². The second kappa shape index (κ2) is 10.6. The summed E-state index contributed by atoms with van der Waals surface area (Å²) in [7, 11) is 1.77. The van der Waals surface area contributed by atoms with E-state index in [0.717, 1.165) is 63.2 Å². The molecule has 198 valence electrons. The van der Waals surface area contributed by atoms with E-state index in [9.17, 15) is 4.79 Å². The van der Waals surface area contributed by atoms with E-state index in [-0.39, 0.29) is 11.3 Å². The van der Waals surface area contributed by atoms with E-state index in [4.69, 9.17) is 16.3 Å². The van der Waals surface area contributed by atoms with Crippen molar-refractivity contribution in [2.75, 3.05) is 26.7 Å². The van der Waals surface area contributed by atoms with Crippen molar-refractivity contribution >= 4 is 17.5 Å². The smallest absolute Gasteiger partial charge is 0.228 e. The Balaban J connectivity index is 1.31. The predicted molar refractivity (Wildman–Crippen MR) is 147 cm³/mol. The number of benzene rings is 1. The number of hydrogen-bond donors (Lipinski definition) is 1. The highest BCUT2D eigenvalue weighted by atomic mass is 35.5. The van der Waals surface area contributed by atoms with Crippen molar-refractivity contribution in [3.8, 4) is 5.75 Å². The number of rotatable bonds is 4. The zero-order chi connectivity index (χ0) is 25.4. The molecule has 4 aliphatic rings. The summed E-state index contributed by atoms with van der Waals surface area (Å²) >= 11 is 6.27. The van der Waals surface area contributed by atoms with Gasteiger partial charge in [-0.2, -0.15) is 0 Å². The van der Waals surface area contributed by atoms with Gasteiger partial charge >= 0.3 is 0 Å². The Bertz CT molecular complexity index is 1130. The molecule has 37 heavy (non-hydrogen) atoms. The van der Waals surface area contributed by atoms with Crippen LogP contribution in [0, 0.1) is 11.8 Å². The third-order valence-electron chi connectivity index (χ3n) is 9.97. The highest BCUT2D eigenvalue weighted by Gasteiger charge is 2.52. The third kappa shape index (κ3) is 4.57. The standard InChI is InChI=1S/C31H40ClN3O2/c1-37-28-12-6-5-10-23(28)22-15-17-35(27(18-22)21-8-3-2-4-9-21)30(36)25-19-33-20-31(25)16-7-11-26-24(31)13-14-29(32)34-26/h5-6,10,12-14,21-22,25,27,33H,2-4,7-9,11,15-20H2,1H3/t22-,25+,27?,31+/m1/s1. The molecule has 3 heterocycles. The molecule has 2 aliphatic carbocycles. The van der Waals surface area contributed by atoms with E-state index in [2.05, 4.69) is 45.5 Å². The molecule has 2 aliphatic heterocycles. The van der Waals surface area contributed by atoms with E-state index in [1.54, 1.807) is 7.11 Å². The minimum Gasteiger partial charge on any atom is -0.496 e. The molecule has 1 saturated carbocycles. The number of carbonyl (C=O) groups is 1. The summed E-state index contributed by atoms with van der Waals surface area (Å²) in [6.07, 6.45) is 11.5. The van der Waals surface area contributed by atoms with E-state index < -0.39 is 0 Å². The quantitative estimate of drug-likeness (QED) is 0.509. The minimum absolute atomic E-state index is 0.0385. The Morgan fingerprint density at radius 2 is 1.95 bits per heavy atom. The van der Waals surface area contributed by atoms with Crippen molar-refractivity contribution in [2.24, 2.45) is 11.8 Å². The van der Waals surface area contributed by atoms with Gasteiger partial charge in [0, 0.05) is 36.8 Å². The van der Waals surface area contributed by atoms with Gasteiger partial charge in [-0.1, -0.05) is 55.1 Å². The second-order valence-electron chi connectivity index (χ2n) is 11.8. The van der Waals surface area contributed by atoms with Gasteiger partial charge in [0.15, 0.2) is 0 Å². The van der Waals surface area contributed by atoms with Gasteiger partial charge in [-0.05, 0) is 80.0 Å². The lowest BCUT2D eigenvalue weighted by Crippen LogP contribution is -2.55. The molecule has 4 atom stereocenters. The molecule has 1 unspecified atom stereocenters. The number of aromatic nitrogens is 1. The number of carbonyl (C=O) groups excluding carboxylic acids is 1. The Labute approximate surface area is 226 Å². The van der Waals surface area contributed by atoms with Gasteiger partial charge < -0.3 is 15.0 Å². The summed E-state index contributed by atoms with van der Waals surface area (Å²) < 4.78 is 5.75. The molecule has 0 radical (unpaired) electrons. The zero-order valence-electron chi connectivity index (χ0n) is 22.1. The van der Waals surface area contributed by atoms with Crippen molar-refractivity contribution in [1.29, 1.82) is 0 Å². The largest absolute Gasteiger partial charge is 0.496 e. The number of fused-ring (bicyclic) bond motifs is 2. The summed E-state index contributed by atoms with van der Waals surface area (Å²) in [6, 6.07) is 12.9. The Morgan fingerprint density at radius 3 is 2.78 bits per heavy atom. The van der Waals surface area contributed by atoms with Crippen molar-refractivity contribution in [2.45, 2.75) is 81.6 Å². The lowest BCUT2D eigenvalue weighted by Gasteiger charge is -2.48. The first-order chi connectivity index (χ1) is 18.1. The molecule has 6 heteroatoms. The second-order valence-corrected chi connectivity index (χ2v) is 12.2. The number of nitrogens with one attached hydrogen (secondary N) is 1. The molecule has 1 N–H and O–H groups in total. The highest BCUT2D eigenvalue weighted by Crippen LogP contribution is 2.48. The van der Waals surface area contributed by atoms with Crippen LogP contribution in [-0.4, -0.2) is 48.6 Å². The molecule has 3 fully saturated rings. The summed E-state index contributed by atoms with van der Waals surface area (Å²) in [4.78, 5) is 21.6. The lowest BCUT2D eigenvalue weighted by molar-refractivity contribution is -0.143. The Kier molecular flexibility index (Phi) is 7.19. The number of pyridine rings is 1. The van der Waals surface area contributed by atoms with E-state index >= 15 is 0 Å². The number of nitrogens with zero attached hydrogens (tertiary/aromatic N) is 2. The van der Waals surface area contributed by atoms with Crippen molar-refractivity contribution in [1.82, 2.24) is 15.2 Å². The monoisotopic (exact) mass is 521 g/mol. The molecule has 2 aromatic rings. The normalized spacial score (nSPS) is 30.3. The number of piperidine rings is 1. The van der Waals surface area contributed by atoms with Crippen LogP contribution in [0.2, 0.25) is 5.15 Å². The number of hydrogen-bond acceptors (Lipinski definition) is 4. The maximum atomic E-state index is 14.6. The van der Waals surface area contributed by atoms with Crippen LogP contribution >= 0.6 is 11.6 Å². The number of aryl methyl sites for hydroxylation is 1. The number of ether oxygens (including phenoxy) is 1. The fraction of sp³-hybridized carbons (Fsp3) is 0.613. The summed E-state index contributed by atoms with van der Waals surface area (Å²) in [5.74, 6) is 2.34. The maximum absolute atomic E-state index is 14.6. The average molecular weight is 522 g/mol. The molecule has 1 amide bonds. The van der Waals surface area contributed by atoms with E-state index in [0.29, 0.717) is 28.9 Å². The number of para-hydroxylation sites is 1. The van der Waals surface area contributed by atoms with Gasteiger partial charge in [-0.3, -0.25) is 4.79 Å². The highest BCUT2D eigenvalue weighted by molar-refractivity contribution is 6.29. The van der Waals surface area contributed by atoms with Crippen LogP contribution in [0.15, 0.2) is 36.4 Å². The Morgan fingerprint density at radius 1 is 1.11 bits per heavy atom.